The van der Waals surface area contributed by atoms with Crippen molar-refractivity contribution >= 4 is 5.91 Å². The number of carbonyl (C=O) groups excluding carboxylic acids is 1. The van der Waals surface area contributed by atoms with Gasteiger partial charge in [0.05, 0.1) is 24.5 Å². The average Bonchev–Trinajstić information content (AvgIpc) is 3.34. The maximum atomic E-state index is 12.3. The zero-order valence-electron chi connectivity index (χ0n) is 15.4. The molecule has 0 aromatic carbocycles. The zero-order chi connectivity index (χ0) is 19.3. The highest BCUT2D eigenvalue weighted by atomic mass is 16.5. The first kappa shape index (κ1) is 18.2. The number of nitrogens with one attached hydrogen (secondary N) is 1. The Morgan fingerprint density at radius 2 is 2.18 bits per heavy atom. The Bertz CT molecular complexity index is 931. The van der Waals surface area contributed by atoms with Crippen molar-refractivity contribution in [2.75, 3.05) is 26.3 Å². The van der Waals surface area contributed by atoms with Gasteiger partial charge in [0.1, 0.15) is 24.3 Å². The fourth-order valence-corrected chi connectivity index (χ4v) is 2.81. The third kappa shape index (κ3) is 4.05. The molecule has 1 N–H and O–H groups in total. The number of hydrogen-bond acceptors (Lipinski definition) is 8. The molecule has 146 valence electrons. The van der Waals surface area contributed by atoms with Crippen LogP contribution < -0.4 is 10.2 Å². The number of pyridine rings is 1. The van der Waals surface area contributed by atoms with Crippen molar-refractivity contribution in [1.82, 2.24) is 20.6 Å². The number of aromatic nitrogens is 2. The topological polar surface area (TPSA) is 103 Å². The number of hydrazine groups is 1. The minimum absolute atomic E-state index is 0.175. The van der Waals surface area contributed by atoms with E-state index in [0.29, 0.717) is 49.2 Å². The molecule has 1 amide bonds. The lowest BCUT2D eigenvalue weighted by Gasteiger charge is -2.26. The monoisotopic (exact) mass is 384 g/mol. The minimum Gasteiger partial charge on any atom is -0.485 e. The predicted octanol–water partition coefficient (Wildman–Crippen LogP) is 2.19. The Balaban J connectivity index is 1.40. The Hall–Kier alpha value is -3.17. The fourth-order valence-electron chi connectivity index (χ4n) is 2.81. The summed E-state index contributed by atoms with van der Waals surface area (Å²) in [7, 11) is 0. The van der Waals surface area contributed by atoms with Crippen LogP contribution in [0.4, 0.5) is 0 Å². The van der Waals surface area contributed by atoms with Gasteiger partial charge in [0.15, 0.2) is 11.5 Å². The molecule has 0 radical (unpaired) electrons. The lowest BCUT2D eigenvalue weighted by atomic mass is 10.1. The third-order valence-electron chi connectivity index (χ3n) is 4.35. The average molecular weight is 384 g/mol. The second-order valence-electron chi connectivity index (χ2n) is 6.26. The molecule has 9 heteroatoms. The van der Waals surface area contributed by atoms with Crippen molar-refractivity contribution in [2.45, 2.75) is 13.5 Å². The number of furan rings is 1. The molecule has 3 aromatic rings. The van der Waals surface area contributed by atoms with Crippen molar-refractivity contribution in [1.29, 1.82) is 0 Å². The number of aryl methyl sites for hydroxylation is 1. The number of hydrogen-bond donors (Lipinski definition) is 1. The molecular weight excluding hydrogens is 364 g/mol. The molecule has 4 heterocycles. The van der Waals surface area contributed by atoms with E-state index in [1.807, 2.05) is 25.1 Å². The van der Waals surface area contributed by atoms with Gasteiger partial charge in [0, 0.05) is 25.4 Å². The first-order valence-corrected chi connectivity index (χ1v) is 8.92. The summed E-state index contributed by atoms with van der Waals surface area (Å²) < 4.78 is 21.7. The van der Waals surface area contributed by atoms with E-state index < -0.39 is 0 Å². The molecule has 0 spiro atoms. The minimum atomic E-state index is -0.327. The summed E-state index contributed by atoms with van der Waals surface area (Å²) >= 11 is 0. The number of morpholine rings is 1. The molecule has 4 rings (SSSR count). The number of amides is 1. The van der Waals surface area contributed by atoms with E-state index in [-0.39, 0.29) is 18.3 Å². The molecule has 28 heavy (non-hydrogen) atoms. The quantitative estimate of drug-likeness (QED) is 0.690. The first-order valence-electron chi connectivity index (χ1n) is 8.92. The molecule has 0 saturated carbocycles. The van der Waals surface area contributed by atoms with Crippen LogP contribution in [0.1, 0.15) is 21.9 Å². The molecule has 1 fully saturated rings. The standard InChI is InChI=1S/C19H20N4O5/c1-13-15(18(22-28-13)16-4-2-3-5-20-16)12-26-14-10-17(27-11-14)19(24)21-23-6-8-25-9-7-23/h2-5,10-11H,6-9,12H2,1H3,(H,21,24). The van der Waals surface area contributed by atoms with Gasteiger partial charge < -0.3 is 18.4 Å². The largest absolute Gasteiger partial charge is 0.485 e. The maximum absolute atomic E-state index is 12.3. The SMILES string of the molecule is Cc1onc(-c2ccccn2)c1COc1coc(C(=O)NN2CCOCC2)c1. The van der Waals surface area contributed by atoms with Gasteiger partial charge in [-0.15, -0.1) is 0 Å². The van der Waals surface area contributed by atoms with E-state index in [1.165, 1.54) is 6.26 Å². The molecule has 1 aliphatic rings. The fraction of sp³-hybridized carbons (Fsp3) is 0.316. The summed E-state index contributed by atoms with van der Waals surface area (Å²) in [4.78, 5) is 16.6. The molecule has 0 atom stereocenters. The second-order valence-corrected chi connectivity index (χ2v) is 6.26. The van der Waals surface area contributed by atoms with Crippen LogP contribution in [0.5, 0.6) is 5.75 Å². The van der Waals surface area contributed by atoms with Gasteiger partial charge >= 0.3 is 5.91 Å². The summed E-state index contributed by atoms with van der Waals surface area (Å²) in [5, 5.41) is 5.88. The summed E-state index contributed by atoms with van der Waals surface area (Å²) in [6.45, 7) is 4.48. The van der Waals surface area contributed by atoms with Crippen LogP contribution in [-0.2, 0) is 11.3 Å². The molecule has 3 aromatic heterocycles. The van der Waals surface area contributed by atoms with Crippen LogP contribution >= 0.6 is 0 Å². The number of rotatable bonds is 6. The van der Waals surface area contributed by atoms with E-state index >= 15 is 0 Å². The molecule has 1 saturated heterocycles. The number of nitrogens with zero attached hydrogens (tertiary/aromatic N) is 3. The Morgan fingerprint density at radius 1 is 1.32 bits per heavy atom. The summed E-state index contributed by atoms with van der Waals surface area (Å²) in [5.74, 6) is 0.940. The van der Waals surface area contributed by atoms with E-state index in [1.54, 1.807) is 17.3 Å². The summed E-state index contributed by atoms with van der Waals surface area (Å²) in [6.07, 6.45) is 3.09. The Morgan fingerprint density at radius 3 is 2.96 bits per heavy atom. The highest BCUT2D eigenvalue weighted by molar-refractivity contribution is 5.91. The molecule has 0 aliphatic carbocycles. The van der Waals surface area contributed by atoms with Gasteiger partial charge in [-0.2, -0.15) is 0 Å². The molecule has 0 bridgehead atoms. The highest BCUT2D eigenvalue weighted by Gasteiger charge is 2.19. The van der Waals surface area contributed by atoms with Crippen molar-refractivity contribution < 1.29 is 23.2 Å². The third-order valence-corrected chi connectivity index (χ3v) is 4.35. The van der Waals surface area contributed by atoms with E-state index in [9.17, 15) is 4.79 Å². The highest BCUT2D eigenvalue weighted by Crippen LogP contribution is 2.25. The maximum Gasteiger partial charge on any atom is 0.301 e. The van der Waals surface area contributed by atoms with Crippen molar-refractivity contribution in [3.63, 3.8) is 0 Å². The van der Waals surface area contributed by atoms with Gasteiger partial charge in [-0.1, -0.05) is 11.2 Å². The van der Waals surface area contributed by atoms with Crippen molar-refractivity contribution in [3.8, 4) is 17.1 Å². The van der Waals surface area contributed by atoms with Crippen molar-refractivity contribution in [2.24, 2.45) is 0 Å². The Labute approximate surface area is 161 Å². The summed E-state index contributed by atoms with van der Waals surface area (Å²) in [6, 6.07) is 7.12. The van der Waals surface area contributed by atoms with Crippen LogP contribution in [0.15, 0.2) is 45.7 Å². The first-order chi connectivity index (χ1) is 13.7. The molecular formula is C19H20N4O5. The van der Waals surface area contributed by atoms with Crippen LogP contribution in [0.3, 0.4) is 0 Å². The van der Waals surface area contributed by atoms with Crippen LogP contribution in [0.25, 0.3) is 11.4 Å². The van der Waals surface area contributed by atoms with E-state index in [2.05, 4.69) is 15.6 Å². The Kier molecular flexibility index (Phi) is 5.36. The number of carbonyl (C=O) groups is 1. The predicted molar refractivity (Wildman–Crippen MR) is 97.4 cm³/mol. The normalized spacial score (nSPS) is 14.8. The summed E-state index contributed by atoms with van der Waals surface area (Å²) in [5.41, 5.74) is 4.92. The smallest absolute Gasteiger partial charge is 0.301 e. The van der Waals surface area contributed by atoms with Crippen molar-refractivity contribution in [3.05, 3.63) is 53.8 Å². The van der Waals surface area contributed by atoms with Crippen LogP contribution in [0, 0.1) is 6.92 Å². The van der Waals surface area contributed by atoms with Gasteiger partial charge in [0.2, 0.25) is 0 Å². The van der Waals surface area contributed by atoms with Gasteiger partial charge in [-0.3, -0.25) is 15.2 Å². The number of ether oxygens (including phenoxy) is 2. The lowest BCUT2D eigenvalue weighted by molar-refractivity contribution is 0.0118. The van der Waals surface area contributed by atoms with E-state index in [4.69, 9.17) is 18.4 Å². The van der Waals surface area contributed by atoms with Gasteiger partial charge in [-0.25, -0.2) is 5.01 Å². The lowest BCUT2D eigenvalue weighted by Crippen LogP contribution is -2.48. The van der Waals surface area contributed by atoms with Gasteiger partial charge in [0.25, 0.3) is 0 Å². The van der Waals surface area contributed by atoms with Crippen LogP contribution in [-0.4, -0.2) is 47.4 Å². The molecule has 1 aliphatic heterocycles. The van der Waals surface area contributed by atoms with E-state index in [0.717, 1.165) is 5.56 Å². The molecule has 9 nitrogen and oxygen atoms in total. The van der Waals surface area contributed by atoms with Gasteiger partial charge in [-0.05, 0) is 19.1 Å². The van der Waals surface area contributed by atoms with Crippen LogP contribution in [0.2, 0.25) is 0 Å². The zero-order valence-corrected chi connectivity index (χ0v) is 15.4. The molecule has 0 unspecified atom stereocenters. The second kappa shape index (κ2) is 8.24.